The maximum Gasteiger partial charge on any atom is 0.490 e. The van der Waals surface area contributed by atoms with E-state index in [1.54, 1.807) is 11.9 Å². The van der Waals surface area contributed by atoms with Gasteiger partial charge in [0, 0.05) is 91.4 Å². The number of amides is 2. The molecule has 4 aliphatic rings. The second-order valence-corrected chi connectivity index (χ2v) is 24.9. The highest BCUT2D eigenvalue weighted by Crippen LogP contribution is 2.66. The molecule has 0 saturated carbocycles. The van der Waals surface area contributed by atoms with Crippen LogP contribution in [0.5, 0.6) is 11.5 Å². The topological polar surface area (TPSA) is 289 Å². The molecule has 5 heterocycles. The van der Waals surface area contributed by atoms with Gasteiger partial charge in [-0.05, 0) is 102 Å². The number of phosphoric acid groups is 3. The number of allylic oxidation sites excluding steroid dienone is 2. The first-order chi connectivity index (χ1) is 36.5. The average molecular weight is 1130 g/mol. The number of rotatable bonds is 17. The van der Waals surface area contributed by atoms with Crippen molar-refractivity contribution in [1.82, 2.24) is 24.3 Å². The Morgan fingerprint density at radius 1 is 0.910 bits per heavy atom. The van der Waals surface area contributed by atoms with Crippen molar-refractivity contribution in [1.29, 1.82) is 0 Å². The molecule has 3 aromatic carbocycles. The van der Waals surface area contributed by atoms with Crippen LogP contribution in [0.2, 0.25) is 0 Å². The molecule has 0 radical (unpaired) electrons. The molecule has 25 heteroatoms. The average Bonchev–Trinajstić information content (AvgIpc) is 3.48. The molecule has 4 aliphatic heterocycles. The highest BCUT2D eigenvalue weighted by molar-refractivity contribution is 7.66. The molecule has 6 N–H and O–H groups in total. The number of benzene rings is 3. The minimum Gasteiger partial charge on any atom is -0.456 e. The molecule has 0 bridgehead atoms. The number of nitrogens with zero attached hydrogens (tertiary/aromatic N) is 4. The lowest BCUT2D eigenvalue weighted by Gasteiger charge is -2.43. The molecule has 416 valence electrons. The third kappa shape index (κ3) is 12.5. The molecule has 4 atom stereocenters. The normalized spacial score (nSPS) is 19.5. The Bertz CT molecular complexity index is 3660. The van der Waals surface area contributed by atoms with E-state index < -0.39 is 53.7 Å². The second kappa shape index (κ2) is 22.2. The maximum atomic E-state index is 14.6. The van der Waals surface area contributed by atoms with Gasteiger partial charge in [0.25, 0.3) is 11.5 Å². The van der Waals surface area contributed by atoms with Gasteiger partial charge in [-0.1, -0.05) is 36.1 Å². The van der Waals surface area contributed by atoms with Crippen LogP contribution in [0.3, 0.4) is 0 Å². The summed E-state index contributed by atoms with van der Waals surface area (Å²) in [7, 11) is -15.0. The van der Waals surface area contributed by atoms with Crippen molar-refractivity contribution >= 4 is 57.7 Å². The molecule has 78 heavy (non-hydrogen) atoms. The van der Waals surface area contributed by atoms with Gasteiger partial charge in [0.2, 0.25) is 11.3 Å². The third-order valence-electron chi connectivity index (χ3n) is 14.0. The van der Waals surface area contributed by atoms with Gasteiger partial charge >= 0.3 is 29.2 Å². The van der Waals surface area contributed by atoms with E-state index in [1.807, 2.05) is 24.3 Å². The first-order valence-electron chi connectivity index (χ1n) is 25.3. The fourth-order valence-electron chi connectivity index (χ4n) is 10.8. The van der Waals surface area contributed by atoms with Crippen molar-refractivity contribution in [2.75, 3.05) is 44.7 Å². The zero-order chi connectivity index (χ0) is 56.9. The van der Waals surface area contributed by atoms with Gasteiger partial charge in [0.05, 0.1) is 30.9 Å². The number of likely N-dealkylation sites (N-methyl/N-ethyl adjacent to an activating group) is 2. The second-order valence-electron chi connectivity index (χ2n) is 20.5. The number of H-pyrrole nitrogens is 1. The standard InChI is InChI=1S/C53H63N6O16P3/c1-10-58-42-26-44-40(24-38(42)32(3)28-52(58,5)6)48(41-25-39-33(4)29-53(7,8)59(11-2)43(39)27-45(41)73-44)36-17-12-13-18-37(36)50(62)56(9)23-15-19-46(60)54-22-14-16-34-30-57(51(63)55-49(34)61)47-21-20-35(72-47)31-71-77(67,68)75-78(69,70)74-76(64,65)66/h12-13,17-18,24-30,35,47H,10-11,15,19-23,31H2,1-9H3,(H5-,54,55,60,61,63,64,65,66,67,68,69,70)/p+1/t35-,47+/m0/s1. The monoisotopic (exact) mass is 1130 g/mol. The van der Waals surface area contributed by atoms with Crippen LogP contribution < -0.4 is 41.4 Å². The predicted octanol–water partition coefficient (Wildman–Crippen LogP) is 5.66. The van der Waals surface area contributed by atoms with Crippen LogP contribution in [-0.4, -0.2) is 103 Å². The van der Waals surface area contributed by atoms with Crippen molar-refractivity contribution in [3.05, 3.63) is 132 Å². The lowest BCUT2D eigenvalue weighted by molar-refractivity contribution is -0.121. The van der Waals surface area contributed by atoms with E-state index in [4.69, 9.17) is 19.3 Å². The number of anilines is 1. The minimum atomic E-state index is -5.73. The predicted molar refractivity (Wildman–Crippen MR) is 291 cm³/mol. The van der Waals surface area contributed by atoms with Gasteiger partial charge in [-0.2, -0.15) is 8.62 Å². The van der Waals surface area contributed by atoms with Crippen LogP contribution in [0.25, 0.3) is 16.7 Å². The maximum absolute atomic E-state index is 14.6. The summed E-state index contributed by atoms with van der Waals surface area (Å²) in [6.07, 6.45) is 4.37. The van der Waals surface area contributed by atoms with Crippen molar-refractivity contribution < 1.29 is 65.5 Å². The molecule has 22 nitrogen and oxygen atoms in total. The smallest absolute Gasteiger partial charge is 0.456 e. The van der Waals surface area contributed by atoms with E-state index in [0.717, 1.165) is 79.1 Å². The van der Waals surface area contributed by atoms with Gasteiger partial charge in [-0.15, -0.1) is 0 Å². The van der Waals surface area contributed by atoms with Crippen LogP contribution in [0.1, 0.15) is 125 Å². The van der Waals surface area contributed by atoms with Crippen molar-refractivity contribution in [2.24, 2.45) is 0 Å². The van der Waals surface area contributed by atoms with Gasteiger partial charge < -0.3 is 44.2 Å². The molecule has 8 rings (SSSR count). The Hall–Kier alpha value is -6.04. The molecule has 1 aromatic heterocycles. The third-order valence-corrected chi connectivity index (χ3v) is 17.8. The largest absolute Gasteiger partial charge is 0.490 e. The first kappa shape index (κ1) is 58.1. The fourth-order valence-corrected chi connectivity index (χ4v) is 13.9. The number of phosphoric ester groups is 1. The molecular weight excluding hydrogens is 1070 g/mol. The lowest BCUT2D eigenvalue weighted by Crippen LogP contribution is -2.49. The fraction of sp³-hybridized carbons (Fsp3) is 0.415. The van der Waals surface area contributed by atoms with Crippen LogP contribution in [0.4, 0.5) is 5.69 Å². The zero-order valence-corrected chi connectivity index (χ0v) is 47.4. The van der Waals surface area contributed by atoms with E-state index >= 15 is 0 Å². The van der Waals surface area contributed by atoms with Gasteiger partial charge in [-0.25, -0.2) is 23.1 Å². The Morgan fingerprint density at radius 2 is 1.63 bits per heavy atom. The molecule has 1 fully saturated rings. The number of fused-ring (bicyclic) bond motifs is 4. The molecule has 0 spiro atoms. The summed E-state index contributed by atoms with van der Waals surface area (Å²) >= 11 is 0. The van der Waals surface area contributed by atoms with E-state index in [9.17, 15) is 42.7 Å². The Kier molecular flexibility index (Phi) is 16.6. The number of aromatic amines is 1. The summed E-state index contributed by atoms with van der Waals surface area (Å²) in [6.45, 7) is 18.3. The highest BCUT2D eigenvalue weighted by atomic mass is 31.3. The molecule has 2 unspecified atom stereocenters. The quantitative estimate of drug-likeness (QED) is 0.0372. The first-order valence-corrected chi connectivity index (χ1v) is 29.8. The van der Waals surface area contributed by atoms with Crippen molar-refractivity contribution in [3.8, 4) is 23.3 Å². The summed E-state index contributed by atoms with van der Waals surface area (Å²) < 4.78 is 62.8. The van der Waals surface area contributed by atoms with Crippen molar-refractivity contribution in [2.45, 2.75) is 104 Å². The number of nitrogens with one attached hydrogen (secondary N) is 2. The molecule has 2 amide bonds. The van der Waals surface area contributed by atoms with Crippen LogP contribution >= 0.6 is 23.5 Å². The summed E-state index contributed by atoms with van der Waals surface area (Å²) in [4.78, 5) is 95.8. The summed E-state index contributed by atoms with van der Waals surface area (Å²) in [6, 6.07) is 16.3. The zero-order valence-electron chi connectivity index (χ0n) is 44.7. The number of carbonyl (C=O) groups excluding carboxylic acids is 2. The van der Waals surface area contributed by atoms with Gasteiger partial charge in [0.15, 0.2) is 5.54 Å². The number of aromatic nitrogens is 2. The van der Waals surface area contributed by atoms with Gasteiger partial charge in [0.1, 0.15) is 29.8 Å². The lowest BCUT2D eigenvalue weighted by atomic mass is 9.83. The van der Waals surface area contributed by atoms with E-state index in [2.05, 4.69) is 137 Å². The summed E-state index contributed by atoms with van der Waals surface area (Å²) in [5, 5.41) is 4.64. The summed E-state index contributed by atoms with van der Waals surface area (Å²) in [5.74, 6) is 6.14. The Morgan fingerprint density at radius 3 is 2.33 bits per heavy atom. The minimum absolute atomic E-state index is 0.0528. The molecular formula is C53H64N6O16P3+. The molecule has 4 aromatic rings. The molecule has 0 aliphatic carbocycles. The SMILES string of the molecule is CCN1c2cc3c(cc2C(C)=CC1(C)C)C(c1ccccc1C(=O)N(C)CCCC(=O)NCC#Cc1cn([C@H]2CC[C@@H](COP(=O)(O)OP(=O)(O)OP(=O)(O)O)O2)c(=O)[nH]c1=O)=c1cc2c(cc1O3)=[N+](CC)C(C)(C)C=C2C. The number of hydrogen-bond acceptors (Lipinski definition) is 13. The highest BCUT2D eigenvalue weighted by Gasteiger charge is 2.42. The van der Waals surface area contributed by atoms with Gasteiger partial charge in [-0.3, -0.25) is 28.5 Å². The van der Waals surface area contributed by atoms with E-state index in [1.165, 1.54) is 0 Å². The van der Waals surface area contributed by atoms with Crippen LogP contribution in [-0.2, 0) is 36.4 Å². The van der Waals surface area contributed by atoms with Crippen LogP contribution in [0, 0.1) is 11.8 Å². The van der Waals surface area contributed by atoms with E-state index in [0.29, 0.717) is 23.5 Å². The number of hydrogen-bond donors (Lipinski definition) is 6. The number of ether oxygens (including phenoxy) is 2. The van der Waals surface area contributed by atoms with Crippen LogP contribution in [0.15, 0.2) is 76.5 Å². The Balaban J connectivity index is 0.951. The molecule has 1 saturated heterocycles. The number of carbonyl (C=O) groups is 2. The summed E-state index contributed by atoms with van der Waals surface area (Å²) in [5.41, 5.74) is 6.26. The Labute approximate surface area is 450 Å². The van der Waals surface area contributed by atoms with E-state index in [-0.39, 0.29) is 60.8 Å². The van der Waals surface area contributed by atoms with Crippen molar-refractivity contribution in [3.63, 3.8) is 0 Å².